The summed E-state index contributed by atoms with van der Waals surface area (Å²) in [7, 11) is -15.5. The fourth-order valence-electron chi connectivity index (χ4n) is 5.32. The molecule has 0 saturated heterocycles. The highest BCUT2D eigenvalue weighted by Crippen LogP contribution is 2.48. The smallest absolute Gasteiger partial charge is 0.296 e. The molecule has 0 unspecified atom stereocenters. The first-order valence-corrected chi connectivity index (χ1v) is 20.6. The average Bonchev–Trinajstić information content (AvgIpc) is 3.15. The second-order valence-corrected chi connectivity index (χ2v) is 16.5. The summed E-state index contributed by atoms with van der Waals surface area (Å²) in [6.45, 7) is 0. The van der Waals surface area contributed by atoms with Crippen LogP contribution >= 0.6 is 0 Å². The van der Waals surface area contributed by atoms with Gasteiger partial charge in [-0.1, -0.05) is 6.07 Å². The minimum Gasteiger partial charge on any atom is -0.508 e. The summed E-state index contributed by atoms with van der Waals surface area (Å²) in [4.78, 5) is -2.88. The number of fused-ring (bicyclic) bond motifs is 1. The van der Waals surface area contributed by atoms with E-state index < -0.39 is 136 Å². The summed E-state index contributed by atoms with van der Waals surface area (Å²) in [5.41, 5.74) is -4.26. The Kier molecular flexibility index (Phi) is 11.5. The quantitative estimate of drug-likeness (QED) is 0.0434. The van der Waals surface area contributed by atoms with Crippen molar-refractivity contribution in [2.75, 3.05) is 0 Å². The standard InChI is InChI=1S/C34H24N8O17S3/c43-16-9-23(45)31(24(46)10-16)41-35-14-1-4-19(28(7-14)61(54,55)56)37-39-21-6-3-18-27(60(51,52)53)13-22(34(50)30(18)33(21)49)40-38-20-5-2-15(8-29(20)62(57,58)59)36-42-32-25(47)11-17(44)12-26(32)48/h1-13,43-50H,(H,51,52,53)(H,54,55,56)(H,57,58,59). The molecule has 0 amide bonds. The SMILES string of the molecule is O=S(=O)(O)c1cc(N=Nc2c(O)cc(O)cc2O)ccc1N=Nc1ccc2c(S(=O)(=O)O)cc(N=Nc3ccc(N=Nc4c(O)cc(O)cc4O)cc3S(=O)(=O)O)c(O)c2c1O. The molecule has 0 fully saturated rings. The monoisotopic (exact) mass is 912 g/mol. The van der Waals surface area contributed by atoms with Crippen LogP contribution < -0.4 is 0 Å². The van der Waals surface area contributed by atoms with Gasteiger partial charge in [-0.2, -0.15) is 35.5 Å². The summed E-state index contributed by atoms with van der Waals surface area (Å²) in [5.74, 6) is -5.89. The lowest BCUT2D eigenvalue weighted by atomic mass is 10.1. The van der Waals surface area contributed by atoms with Crippen LogP contribution in [0.5, 0.6) is 46.0 Å². The molecule has 62 heavy (non-hydrogen) atoms. The topological polar surface area (TPSA) is 424 Å². The first kappa shape index (κ1) is 43.7. The highest BCUT2D eigenvalue weighted by molar-refractivity contribution is 7.86. The second-order valence-electron chi connectivity index (χ2n) is 12.3. The van der Waals surface area contributed by atoms with Crippen molar-refractivity contribution in [2.45, 2.75) is 14.7 Å². The Hall–Kier alpha value is -7.89. The Bertz CT molecular complexity index is 3270. The largest absolute Gasteiger partial charge is 0.508 e. The number of rotatable bonds is 11. The fraction of sp³-hybridized carbons (Fsp3) is 0. The number of hydrogen-bond donors (Lipinski definition) is 11. The minimum absolute atomic E-state index is 0.278. The fourth-order valence-corrected chi connectivity index (χ4v) is 7.31. The molecule has 0 aromatic heterocycles. The Balaban J connectivity index is 1.39. The van der Waals surface area contributed by atoms with Gasteiger partial charge in [0.1, 0.15) is 48.9 Å². The molecule has 0 heterocycles. The third-order valence-electron chi connectivity index (χ3n) is 8.06. The lowest BCUT2D eigenvalue weighted by Gasteiger charge is -2.11. The maximum Gasteiger partial charge on any atom is 0.296 e. The predicted octanol–water partition coefficient (Wildman–Crippen LogP) is 7.89. The minimum atomic E-state index is -5.20. The van der Waals surface area contributed by atoms with E-state index in [1.165, 1.54) is 0 Å². The second kappa shape index (κ2) is 16.3. The van der Waals surface area contributed by atoms with Gasteiger partial charge in [-0.3, -0.25) is 13.7 Å². The average molecular weight is 913 g/mol. The van der Waals surface area contributed by atoms with Crippen molar-refractivity contribution < 1.29 is 79.8 Å². The highest BCUT2D eigenvalue weighted by atomic mass is 32.2. The molecule has 6 aromatic rings. The van der Waals surface area contributed by atoms with Crippen molar-refractivity contribution in [3.8, 4) is 46.0 Å². The third-order valence-corrected chi connectivity index (χ3v) is 10.7. The molecular weight excluding hydrogens is 889 g/mol. The van der Waals surface area contributed by atoms with E-state index in [-0.39, 0.29) is 11.4 Å². The van der Waals surface area contributed by atoms with Gasteiger partial charge >= 0.3 is 0 Å². The molecule has 0 atom stereocenters. The number of phenols is 8. The van der Waals surface area contributed by atoms with Crippen LogP contribution in [0.4, 0.5) is 45.5 Å². The maximum absolute atomic E-state index is 12.4. The molecule has 0 aliphatic heterocycles. The summed E-state index contributed by atoms with van der Waals surface area (Å²) < 4.78 is 104. The number of aromatic hydroxyl groups is 8. The molecular formula is C34H24N8O17S3. The Labute approximate surface area is 345 Å². The van der Waals surface area contributed by atoms with Gasteiger partial charge < -0.3 is 40.9 Å². The van der Waals surface area contributed by atoms with E-state index in [0.29, 0.717) is 6.07 Å². The van der Waals surface area contributed by atoms with Crippen LogP contribution in [0.2, 0.25) is 0 Å². The van der Waals surface area contributed by atoms with E-state index in [4.69, 9.17) is 0 Å². The van der Waals surface area contributed by atoms with Gasteiger partial charge in [0.15, 0.2) is 45.9 Å². The van der Waals surface area contributed by atoms with Crippen molar-refractivity contribution in [2.24, 2.45) is 40.9 Å². The van der Waals surface area contributed by atoms with Crippen molar-refractivity contribution in [1.29, 1.82) is 0 Å². The Morgan fingerprint density at radius 3 is 1.11 bits per heavy atom. The summed E-state index contributed by atoms with van der Waals surface area (Å²) in [6, 6.07) is 11.3. The van der Waals surface area contributed by atoms with Gasteiger partial charge in [-0.05, 0) is 48.5 Å². The van der Waals surface area contributed by atoms with Gasteiger partial charge in [0, 0.05) is 29.7 Å². The highest BCUT2D eigenvalue weighted by Gasteiger charge is 2.25. The van der Waals surface area contributed by atoms with Gasteiger partial charge in [0.25, 0.3) is 30.4 Å². The predicted molar refractivity (Wildman–Crippen MR) is 209 cm³/mol. The van der Waals surface area contributed by atoms with Crippen LogP contribution in [0.1, 0.15) is 0 Å². The summed E-state index contributed by atoms with van der Waals surface area (Å²) in [5, 5.41) is 109. The van der Waals surface area contributed by atoms with E-state index in [9.17, 15) is 79.8 Å². The molecule has 0 spiro atoms. The van der Waals surface area contributed by atoms with Crippen molar-refractivity contribution in [1.82, 2.24) is 0 Å². The zero-order valence-corrected chi connectivity index (χ0v) is 32.6. The van der Waals surface area contributed by atoms with Gasteiger partial charge in [-0.25, -0.2) is 0 Å². The van der Waals surface area contributed by atoms with E-state index in [1.807, 2.05) is 0 Å². The first-order chi connectivity index (χ1) is 28.9. The normalized spacial score (nSPS) is 12.8. The van der Waals surface area contributed by atoms with Crippen LogP contribution in [-0.2, 0) is 30.4 Å². The molecule has 25 nitrogen and oxygen atoms in total. The van der Waals surface area contributed by atoms with Gasteiger partial charge in [-0.15, -0.1) is 30.7 Å². The molecule has 6 rings (SSSR count). The van der Waals surface area contributed by atoms with Gasteiger partial charge in [0.05, 0.1) is 16.8 Å². The molecule has 0 bridgehead atoms. The molecule has 28 heteroatoms. The maximum atomic E-state index is 12.4. The Morgan fingerprint density at radius 2 is 0.710 bits per heavy atom. The van der Waals surface area contributed by atoms with E-state index in [1.54, 1.807) is 0 Å². The van der Waals surface area contributed by atoms with Crippen molar-refractivity contribution in [3.63, 3.8) is 0 Å². The third kappa shape index (κ3) is 9.28. The van der Waals surface area contributed by atoms with Crippen molar-refractivity contribution in [3.05, 3.63) is 78.9 Å². The van der Waals surface area contributed by atoms with E-state index in [0.717, 1.165) is 72.8 Å². The molecule has 11 N–H and O–H groups in total. The van der Waals surface area contributed by atoms with Crippen LogP contribution in [0.15, 0.2) is 134 Å². The van der Waals surface area contributed by atoms with Crippen LogP contribution in [0.3, 0.4) is 0 Å². The lowest BCUT2D eigenvalue weighted by molar-refractivity contribution is 0.428. The number of azo groups is 4. The molecule has 0 saturated carbocycles. The molecule has 0 aliphatic carbocycles. The zero-order chi connectivity index (χ0) is 45.5. The van der Waals surface area contributed by atoms with E-state index in [2.05, 4.69) is 40.9 Å². The van der Waals surface area contributed by atoms with Crippen LogP contribution in [0.25, 0.3) is 10.8 Å². The summed E-state index contributed by atoms with van der Waals surface area (Å²) in [6.07, 6.45) is 0. The number of nitrogens with zero attached hydrogens (tertiary/aromatic N) is 8. The van der Waals surface area contributed by atoms with E-state index >= 15 is 0 Å². The molecule has 6 aromatic carbocycles. The van der Waals surface area contributed by atoms with Crippen LogP contribution in [0, 0.1) is 0 Å². The zero-order valence-electron chi connectivity index (χ0n) is 30.2. The number of benzene rings is 6. The van der Waals surface area contributed by atoms with Crippen LogP contribution in [-0.4, -0.2) is 79.8 Å². The molecule has 320 valence electrons. The van der Waals surface area contributed by atoms with Crippen molar-refractivity contribution >= 4 is 86.6 Å². The number of hydrogen-bond acceptors (Lipinski definition) is 22. The Morgan fingerprint density at radius 1 is 0.355 bits per heavy atom. The molecule has 0 radical (unpaired) electrons. The first-order valence-electron chi connectivity index (χ1n) is 16.3. The lowest BCUT2D eigenvalue weighted by Crippen LogP contribution is -1.99. The number of phenolic OH excluding ortho intramolecular Hbond substituents is 8. The van der Waals surface area contributed by atoms with Gasteiger partial charge in [0.2, 0.25) is 0 Å². The summed E-state index contributed by atoms with van der Waals surface area (Å²) >= 11 is 0. The molecule has 0 aliphatic rings.